The number of methoxy groups -OCH3 is 2. The molecule has 1 N–H and O–H groups in total. The number of phenolic OH excluding ortho intramolecular Hbond substituents is 1. The predicted octanol–water partition coefficient (Wildman–Crippen LogP) is 1.42. The van der Waals surface area contributed by atoms with Crippen LogP contribution in [0.2, 0.25) is 0 Å². The largest absolute Gasteiger partial charge is 0.504 e. The molecule has 0 aliphatic rings. The van der Waals surface area contributed by atoms with Gasteiger partial charge in [0.15, 0.2) is 11.5 Å². The molecule has 1 rings (SSSR count). The minimum Gasteiger partial charge on any atom is -0.504 e. The summed E-state index contributed by atoms with van der Waals surface area (Å²) in [5, 5.41) is 9.70. The van der Waals surface area contributed by atoms with Crippen LogP contribution in [0.1, 0.15) is 24.2 Å². The van der Waals surface area contributed by atoms with Crippen LogP contribution in [0, 0.1) is 0 Å². The number of hydrogen-bond acceptors (Lipinski definition) is 5. The first-order valence-electron chi connectivity index (χ1n) is 6.15. The second-order valence-corrected chi connectivity index (χ2v) is 4.49. The highest BCUT2D eigenvalue weighted by molar-refractivity contribution is 5.96. The van der Waals surface area contributed by atoms with Gasteiger partial charge >= 0.3 is 5.97 Å². The molecule has 0 saturated heterocycles. The van der Waals surface area contributed by atoms with E-state index in [1.165, 1.54) is 37.3 Å². The zero-order valence-electron chi connectivity index (χ0n) is 12.0. The summed E-state index contributed by atoms with van der Waals surface area (Å²) in [5.41, 5.74) is 0.279. The topological polar surface area (TPSA) is 76.1 Å². The highest BCUT2D eigenvalue weighted by Crippen LogP contribution is 2.27. The molecule has 0 unspecified atom stereocenters. The van der Waals surface area contributed by atoms with Crippen LogP contribution in [0.4, 0.5) is 0 Å². The second kappa shape index (κ2) is 6.79. The molecule has 0 fully saturated rings. The van der Waals surface area contributed by atoms with Crippen LogP contribution in [0.5, 0.6) is 11.5 Å². The third kappa shape index (κ3) is 3.63. The molecule has 0 heterocycles. The summed E-state index contributed by atoms with van der Waals surface area (Å²) in [7, 11) is 2.69. The summed E-state index contributed by atoms with van der Waals surface area (Å²) in [5.74, 6) is -0.695. The van der Waals surface area contributed by atoms with E-state index in [9.17, 15) is 14.7 Å². The lowest BCUT2D eigenvalue weighted by Gasteiger charge is -2.25. The molecule has 0 aliphatic heterocycles. The normalized spacial score (nSPS) is 10.2. The van der Waals surface area contributed by atoms with Crippen LogP contribution in [-0.2, 0) is 9.53 Å². The van der Waals surface area contributed by atoms with Gasteiger partial charge in [-0.05, 0) is 32.0 Å². The summed E-state index contributed by atoms with van der Waals surface area (Å²) < 4.78 is 9.50. The van der Waals surface area contributed by atoms with Gasteiger partial charge in [0, 0.05) is 11.6 Å². The van der Waals surface area contributed by atoms with Crippen molar-refractivity contribution in [3.63, 3.8) is 0 Å². The average Bonchev–Trinajstić information content (AvgIpc) is 2.43. The molecular weight excluding hydrogens is 262 g/mol. The zero-order chi connectivity index (χ0) is 15.3. The summed E-state index contributed by atoms with van der Waals surface area (Å²) in [6.07, 6.45) is 0. The molecule has 0 aromatic heterocycles. The number of nitrogens with zero attached hydrogens (tertiary/aromatic N) is 1. The third-order valence-corrected chi connectivity index (χ3v) is 2.84. The van der Waals surface area contributed by atoms with Gasteiger partial charge < -0.3 is 19.5 Å². The standard InChI is InChI=1S/C14H19NO5/c1-9(2)15(8-13(17)20-4)14(18)10-5-6-12(19-3)11(16)7-10/h5-7,9,16H,8H2,1-4H3. The Morgan fingerprint density at radius 1 is 1.30 bits per heavy atom. The van der Waals surface area contributed by atoms with E-state index >= 15 is 0 Å². The molecule has 0 radical (unpaired) electrons. The van der Waals surface area contributed by atoms with Crippen LogP contribution in [0.25, 0.3) is 0 Å². The number of carbonyl (C=O) groups is 2. The van der Waals surface area contributed by atoms with E-state index in [0.29, 0.717) is 0 Å². The van der Waals surface area contributed by atoms with E-state index in [-0.39, 0.29) is 35.6 Å². The zero-order valence-corrected chi connectivity index (χ0v) is 12.0. The maximum absolute atomic E-state index is 12.4. The van der Waals surface area contributed by atoms with Gasteiger partial charge in [0.25, 0.3) is 5.91 Å². The number of phenols is 1. The van der Waals surface area contributed by atoms with Crippen LogP contribution >= 0.6 is 0 Å². The van der Waals surface area contributed by atoms with Crippen molar-refractivity contribution in [3.05, 3.63) is 23.8 Å². The van der Waals surface area contributed by atoms with Crippen LogP contribution in [0.3, 0.4) is 0 Å². The van der Waals surface area contributed by atoms with Gasteiger partial charge in [-0.15, -0.1) is 0 Å². The lowest BCUT2D eigenvalue weighted by Crippen LogP contribution is -2.41. The van der Waals surface area contributed by atoms with Gasteiger partial charge in [0.05, 0.1) is 14.2 Å². The van der Waals surface area contributed by atoms with Crippen LogP contribution in [-0.4, -0.2) is 48.7 Å². The highest BCUT2D eigenvalue weighted by atomic mass is 16.5. The van der Waals surface area contributed by atoms with Crippen molar-refractivity contribution in [2.75, 3.05) is 20.8 Å². The molecule has 20 heavy (non-hydrogen) atoms. The van der Waals surface area contributed by atoms with Crippen molar-refractivity contribution in [1.29, 1.82) is 0 Å². The fourth-order valence-corrected chi connectivity index (χ4v) is 1.68. The first-order valence-corrected chi connectivity index (χ1v) is 6.15. The molecule has 1 aromatic carbocycles. The van der Waals surface area contributed by atoms with Gasteiger partial charge in [-0.1, -0.05) is 0 Å². The molecule has 6 nitrogen and oxygen atoms in total. The number of hydrogen-bond donors (Lipinski definition) is 1. The Labute approximate surface area is 117 Å². The predicted molar refractivity (Wildman–Crippen MR) is 72.8 cm³/mol. The minimum atomic E-state index is -0.496. The van der Waals surface area contributed by atoms with E-state index in [4.69, 9.17) is 4.74 Å². The van der Waals surface area contributed by atoms with E-state index in [2.05, 4.69) is 4.74 Å². The van der Waals surface area contributed by atoms with E-state index < -0.39 is 5.97 Å². The molecule has 0 saturated carbocycles. The summed E-state index contributed by atoms with van der Waals surface area (Å²) in [6, 6.07) is 4.17. The average molecular weight is 281 g/mol. The Morgan fingerprint density at radius 2 is 1.95 bits per heavy atom. The summed E-state index contributed by atoms with van der Waals surface area (Å²) in [6.45, 7) is 3.45. The molecule has 1 amide bonds. The third-order valence-electron chi connectivity index (χ3n) is 2.84. The minimum absolute atomic E-state index is 0.125. The van der Waals surface area contributed by atoms with Gasteiger partial charge in [-0.3, -0.25) is 9.59 Å². The maximum Gasteiger partial charge on any atom is 0.325 e. The fourth-order valence-electron chi connectivity index (χ4n) is 1.68. The number of benzene rings is 1. The van der Waals surface area contributed by atoms with E-state index in [1.807, 2.05) is 0 Å². The quantitative estimate of drug-likeness (QED) is 0.826. The van der Waals surface area contributed by atoms with Crippen molar-refractivity contribution < 1.29 is 24.2 Å². The molecule has 0 spiro atoms. The maximum atomic E-state index is 12.4. The van der Waals surface area contributed by atoms with Crippen molar-refractivity contribution in [3.8, 4) is 11.5 Å². The Balaban J connectivity index is 3.00. The van der Waals surface area contributed by atoms with Crippen LogP contribution < -0.4 is 4.74 Å². The molecule has 1 aromatic rings. The molecule has 0 atom stereocenters. The number of amides is 1. The van der Waals surface area contributed by atoms with Gasteiger partial charge in [-0.2, -0.15) is 0 Å². The van der Waals surface area contributed by atoms with Crippen molar-refractivity contribution in [1.82, 2.24) is 4.90 Å². The Kier molecular flexibility index (Phi) is 5.37. The van der Waals surface area contributed by atoms with Crippen molar-refractivity contribution in [2.24, 2.45) is 0 Å². The molecule has 0 bridgehead atoms. The van der Waals surface area contributed by atoms with Crippen LogP contribution in [0.15, 0.2) is 18.2 Å². The van der Waals surface area contributed by atoms with E-state index in [0.717, 1.165) is 0 Å². The monoisotopic (exact) mass is 281 g/mol. The van der Waals surface area contributed by atoms with Crippen molar-refractivity contribution in [2.45, 2.75) is 19.9 Å². The molecule has 0 aliphatic carbocycles. The Morgan fingerprint density at radius 3 is 2.40 bits per heavy atom. The first kappa shape index (κ1) is 15.8. The molecule has 6 heteroatoms. The lowest BCUT2D eigenvalue weighted by atomic mass is 10.1. The van der Waals surface area contributed by atoms with Crippen molar-refractivity contribution >= 4 is 11.9 Å². The second-order valence-electron chi connectivity index (χ2n) is 4.49. The lowest BCUT2D eigenvalue weighted by molar-refractivity contribution is -0.141. The SMILES string of the molecule is COC(=O)CN(C(=O)c1ccc(OC)c(O)c1)C(C)C. The Bertz CT molecular complexity index is 498. The summed E-state index contributed by atoms with van der Waals surface area (Å²) >= 11 is 0. The number of aromatic hydroxyl groups is 1. The van der Waals surface area contributed by atoms with Gasteiger partial charge in [-0.25, -0.2) is 0 Å². The van der Waals surface area contributed by atoms with Gasteiger partial charge in [0.1, 0.15) is 6.54 Å². The summed E-state index contributed by atoms with van der Waals surface area (Å²) in [4.78, 5) is 25.1. The fraction of sp³-hybridized carbons (Fsp3) is 0.429. The smallest absolute Gasteiger partial charge is 0.325 e. The number of esters is 1. The number of carbonyl (C=O) groups excluding carboxylic acids is 2. The number of rotatable bonds is 5. The molecule has 110 valence electrons. The van der Waals surface area contributed by atoms with Gasteiger partial charge in [0.2, 0.25) is 0 Å². The Hall–Kier alpha value is -2.24. The number of ether oxygens (including phenoxy) is 2. The molecular formula is C14H19NO5. The van der Waals surface area contributed by atoms with E-state index in [1.54, 1.807) is 13.8 Å². The highest BCUT2D eigenvalue weighted by Gasteiger charge is 2.22. The first-order chi connectivity index (χ1) is 9.40.